The average Bonchev–Trinajstić information content (AvgIpc) is 2.79. The fourth-order valence-corrected chi connectivity index (χ4v) is 5.57. The highest BCUT2D eigenvalue weighted by Crippen LogP contribution is 2.34. The molecule has 0 spiro atoms. The molecule has 0 N–H and O–H groups in total. The van der Waals surface area contributed by atoms with Gasteiger partial charge in [0.1, 0.15) is 13.2 Å². The summed E-state index contributed by atoms with van der Waals surface area (Å²) in [7, 11) is -3.60. The Hall–Kier alpha value is -2.58. The number of amides is 1. The fourth-order valence-electron chi connectivity index (χ4n) is 4.09. The number of benzene rings is 2. The van der Waals surface area contributed by atoms with E-state index < -0.39 is 10.0 Å². The van der Waals surface area contributed by atoms with Crippen LogP contribution in [0, 0.1) is 5.92 Å². The van der Waals surface area contributed by atoms with Crippen molar-refractivity contribution in [1.29, 1.82) is 0 Å². The molecule has 0 atom stereocenters. The third-order valence-corrected chi connectivity index (χ3v) is 7.76. The largest absolute Gasteiger partial charge is 0.486 e. The highest BCUT2D eigenvalue weighted by Gasteiger charge is 2.31. The van der Waals surface area contributed by atoms with Gasteiger partial charge in [-0.3, -0.25) is 4.79 Å². The summed E-state index contributed by atoms with van der Waals surface area (Å²) in [4.78, 5) is 14.2. The Balaban J connectivity index is 1.38. The van der Waals surface area contributed by atoms with Crippen LogP contribution in [0.15, 0.2) is 53.4 Å². The first-order valence-electron chi connectivity index (χ1n) is 10.6. The van der Waals surface area contributed by atoms with Crippen molar-refractivity contribution in [3.8, 4) is 11.5 Å². The lowest BCUT2D eigenvalue weighted by Crippen LogP contribution is -2.42. The summed E-state index contributed by atoms with van der Waals surface area (Å²) in [5.41, 5.74) is 1.09. The van der Waals surface area contributed by atoms with Gasteiger partial charge < -0.3 is 14.4 Å². The smallest absolute Gasteiger partial charge is 0.243 e. The number of hydrogen-bond donors (Lipinski definition) is 0. The van der Waals surface area contributed by atoms with Crippen molar-refractivity contribution in [1.82, 2.24) is 9.21 Å². The van der Waals surface area contributed by atoms with Crippen molar-refractivity contribution >= 4 is 15.9 Å². The summed E-state index contributed by atoms with van der Waals surface area (Å²) < 4.78 is 38.8. The van der Waals surface area contributed by atoms with Gasteiger partial charge in [-0.05, 0) is 36.5 Å². The Labute approximate surface area is 183 Å². The van der Waals surface area contributed by atoms with Crippen molar-refractivity contribution in [3.05, 3.63) is 54.1 Å². The Kier molecular flexibility index (Phi) is 6.48. The standard InChI is InChI=1S/C23H28N2O5S/c1-18(26)24(16-19-5-3-2-4-6-19)17-20-9-11-25(12-10-20)31(27,28)21-7-8-22-23(15-21)30-14-13-29-22/h2-8,15,20H,9-14,16-17H2,1H3. The topological polar surface area (TPSA) is 76.2 Å². The van der Waals surface area contributed by atoms with Crippen LogP contribution in [0.1, 0.15) is 25.3 Å². The van der Waals surface area contributed by atoms with E-state index in [0.717, 1.165) is 18.4 Å². The Bertz CT molecular complexity index is 1020. The highest BCUT2D eigenvalue weighted by atomic mass is 32.2. The van der Waals surface area contributed by atoms with Gasteiger partial charge in [0.2, 0.25) is 15.9 Å². The highest BCUT2D eigenvalue weighted by molar-refractivity contribution is 7.89. The van der Waals surface area contributed by atoms with E-state index in [9.17, 15) is 13.2 Å². The molecule has 2 aromatic rings. The van der Waals surface area contributed by atoms with Crippen molar-refractivity contribution < 1.29 is 22.7 Å². The lowest BCUT2D eigenvalue weighted by Gasteiger charge is -2.34. The van der Waals surface area contributed by atoms with Crippen LogP contribution in [0.25, 0.3) is 0 Å². The molecule has 2 aliphatic rings. The first-order chi connectivity index (χ1) is 14.9. The molecule has 8 heteroatoms. The van der Waals surface area contributed by atoms with E-state index in [1.807, 2.05) is 35.2 Å². The van der Waals surface area contributed by atoms with Crippen molar-refractivity contribution in [2.75, 3.05) is 32.8 Å². The fraction of sp³-hybridized carbons (Fsp3) is 0.435. The average molecular weight is 445 g/mol. The summed E-state index contributed by atoms with van der Waals surface area (Å²) in [6, 6.07) is 14.7. The molecule has 0 aliphatic carbocycles. The number of piperidine rings is 1. The monoisotopic (exact) mass is 444 g/mol. The third-order valence-electron chi connectivity index (χ3n) is 5.87. The van der Waals surface area contributed by atoms with Gasteiger partial charge >= 0.3 is 0 Å². The second-order valence-electron chi connectivity index (χ2n) is 8.04. The van der Waals surface area contributed by atoms with E-state index in [1.165, 1.54) is 4.31 Å². The zero-order chi connectivity index (χ0) is 21.8. The SMILES string of the molecule is CC(=O)N(Cc1ccccc1)CC1CCN(S(=O)(=O)c2ccc3c(c2)OCCO3)CC1. The van der Waals surface area contributed by atoms with E-state index in [2.05, 4.69) is 0 Å². The maximum atomic E-state index is 13.1. The van der Waals surface area contributed by atoms with Gasteiger partial charge in [-0.25, -0.2) is 8.42 Å². The van der Waals surface area contributed by atoms with Crippen molar-refractivity contribution in [2.24, 2.45) is 5.92 Å². The molecule has 1 fully saturated rings. The summed E-state index contributed by atoms with van der Waals surface area (Å²) >= 11 is 0. The maximum absolute atomic E-state index is 13.1. The molecule has 2 aliphatic heterocycles. The van der Waals surface area contributed by atoms with Crippen LogP contribution in [-0.2, 0) is 21.4 Å². The minimum absolute atomic E-state index is 0.0372. The zero-order valence-corrected chi connectivity index (χ0v) is 18.5. The molecule has 0 saturated carbocycles. The second-order valence-corrected chi connectivity index (χ2v) is 9.98. The van der Waals surface area contributed by atoms with E-state index in [-0.39, 0.29) is 16.7 Å². The Morgan fingerprint density at radius 1 is 1.03 bits per heavy atom. The van der Waals surface area contributed by atoms with Gasteiger partial charge in [0.05, 0.1) is 4.90 Å². The number of hydrogen-bond acceptors (Lipinski definition) is 5. The summed E-state index contributed by atoms with van der Waals surface area (Å²) in [6.45, 7) is 4.57. The molecule has 7 nitrogen and oxygen atoms in total. The predicted octanol–water partition coefficient (Wildman–Crippen LogP) is 2.91. The predicted molar refractivity (Wildman–Crippen MR) is 116 cm³/mol. The molecule has 0 aromatic heterocycles. The van der Waals surface area contributed by atoms with E-state index in [1.54, 1.807) is 25.1 Å². The molecule has 2 aromatic carbocycles. The first kappa shape index (κ1) is 21.6. The number of carbonyl (C=O) groups is 1. The Morgan fingerprint density at radius 2 is 1.71 bits per heavy atom. The normalized spacial score (nSPS) is 17.3. The number of rotatable bonds is 6. The number of ether oxygens (including phenoxy) is 2. The number of nitrogens with zero attached hydrogens (tertiary/aromatic N) is 2. The molecule has 1 saturated heterocycles. The lowest BCUT2D eigenvalue weighted by atomic mass is 9.97. The van der Waals surface area contributed by atoms with E-state index in [4.69, 9.17) is 9.47 Å². The maximum Gasteiger partial charge on any atom is 0.243 e. The molecule has 4 rings (SSSR count). The van der Waals surface area contributed by atoms with Gasteiger partial charge in [0, 0.05) is 39.2 Å². The van der Waals surface area contributed by atoms with Crippen LogP contribution in [-0.4, -0.2) is 56.4 Å². The number of sulfonamides is 1. The molecule has 0 unspecified atom stereocenters. The number of fused-ring (bicyclic) bond motifs is 1. The van der Waals surface area contributed by atoms with Gasteiger partial charge in [0.25, 0.3) is 0 Å². The molecular weight excluding hydrogens is 416 g/mol. The third kappa shape index (κ3) is 5.02. The molecule has 2 heterocycles. The molecule has 31 heavy (non-hydrogen) atoms. The number of carbonyl (C=O) groups excluding carboxylic acids is 1. The second kappa shape index (κ2) is 9.28. The van der Waals surface area contributed by atoms with Crippen LogP contribution in [0.4, 0.5) is 0 Å². The van der Waals surface area contributed by atoms with Crippen LogP contribution < -0.4 is 9.47 Å². The zero-order valence-electron chi connectivity index (χ0n) is 17.7. The minimum Gasteiger partial charge on any atom is -0.486 e. The quantitative estimate of drug-likeness (QED) is 0.685. The molecule has 0 radical (unpaired) electrons. The van der Waals surface area contributed by atoms with Gasteiger partial charge in [-0.15, -0.1) is 0 Å². The van der Waals surface area contributed by atoms with Crippen LogP contribution in [0.3, 0.4) is 0 Å². The lowest BCUT2D eigenvalue weighted by molar-refractivity contribution is -0.130. The minimum atomic E-state index is -3.60. The first-order valence-corrected chi connectivity index (χ1v) is 12.1. The van der Waals surface area contributed by atoms with Crippen LogP contribution in [0.5, 0.6) is 11.5 Å². The van der Waals surface area contributed by atoms with Crippen molar-refractivity contribution in [2.45, 2.75) is 31.2 Å². The summed E-state index contributed by atoms with van der Waals surface area (Å²) in [5, 5.41) is 0. The van der Waals surface area contributed by atoms with Crippen molar-refractivity contribution in [3.63, 3.8) is 0 Å². The van der Waals surface area contributed by atoms with Crippen LogP contribution >= 0.6 is 0 Å². The summed E-state index contributed by atoms with van der Waals surface area (Å²) in [6.07, 6.45) is 1.45. The molecule has 0 bridgehead atoms. The summed E-state index contributed by atoms with van der Waals surface area (Å²) in [5.74, 6) is 1.36. The van der Waals surface area contributed by atoms with E-state index in [0.29, 0.717) is 50.9 Å². The molecule has 166 valence electrons. The van der Waals surface area contributed by atoms with Crippen LogP contribution in [0.2, 0.25) is 0 Å². The van der Waals surface area contributed by atoms with E-state index >= 15 is 0 Å². The van der Waals surface area contributed by atoms with Gasteiger partial charge in [-0.2, -0.15) is 4.31 Å². The molecule has 1 amide bonds. The Morgan fingerprint density at radius 3 is 2.39 bits per heavy atom. The molecular formula is C23H28N2O5S. The van der Waals surface area contributed by atoms with Gasteiger partial charge in [0.15, 0.2) is 11.5 Å². The van der Waals surface area contributed by atoms with Gasteiger partial charge in [-0.1, -0.05) is 30.3 Å².